The number of hydrogen-bond donors (Lipinski definition) is 0. The zero-order chi connectivity index (χ0) is 13.0. The van der Waals surface area contributed by atoms with Crippen LogP contribution in [0.25, 0.3) is 0 Å². The van der Waals surface area contributed by atoms with Crippen molar-refractivity contribution in [2.45, 2.75) is 25.2 Å². The molecule has 0 saturated carbocycles. The fourth-order valence-corrected chi connectivity index (χ4v) is 2.06. The van der Waals surface area contributed by atoms with Crippen LogP contribution >= 0.6 is 0 Å². The van der Waals surface area contributed by atoms with Gasteiger partial charge in [0.25, 0.3) is 0 Å². The van der Waals surface area contributed by atoms with Crippen LogP contribution in [0.3, 0.4) is 0 Å². The van der Waals surface area contributed by atoms with Crippen molar-refractivity contribution in [2.75, 3.05) is 0 Å². The fourth-order valence-electron chi connectivity index (χ4n) is 2.06. The van der Waals surface area contributed by atoms with Crippen molar-refractivity contribution in [3.8, 4) is 0 Å². The summed E-state index contributed by atoms with van der Waals surface area (Å²) in [5.74, 6) is -0.181. The van der Waals surface area contributed by atoms with E-state index in [9.17, 15) is 4.39 Å². The highest BCUT2D eigenvalue weighted by Gasteiger charge is 2.19. The molecule has 1 heteroatoms. The molecule has 0 aliphatic carbocycles. The maximum atomic E-state index is 12.8. The van der Waals surface area contributed by atoms with Crippen LogP contribution in [-0.2, 0) is 11.8 Å². The topological polar surface area (TPSA) is 0 Å². The highest BCUT2D eigenvalue weighted by Crippen LogP contribution is 2.27. The minimum atomic E-state index is -0.181. The van der Waals surface area contributed by atoms with E-state index in [0.29, 0.717) is 0 Å². The predicted octanol–water partition coefficient (Wildman–Crippen LogP) is 4.55. The van der Waals surface area contributed by atoms with E-state index in [2.05, 4.69) is 26.0 Å². The molecular weight excluding hydrogens is 223 g/mol. The van der Waals surface area contributed by atoms with Crippen LogP contribution in [-0.4, -0.2) is 0 Å². The second kappa shape index (κ2) is 5.34. The summed E-state index contributed by atoms with van der Waals surface area (Å²) in [4.78, 5) is 0. The molecule has 0 saturated heterocycles. The number of aryl methyl sites for hydroxylation is 1. The Morgan fingerprint density at radius 3 is 2.22 bits per heavy atom. The maximum Gasteiger partial charge on any atom is 0.123 e. The van der Waals surface area contributed by atoms with E-state index >= 15 is 0 Å². The van der Waals surface area contributed by atoms with E-state index in [1.807, 2.05) is 30.3 Å². The molecule has 0 N–H and O–H groups in total. The van der Waals surface area contributed by atoms with Crippen molar-refractivity contribution in [3.63, 3.8) is 0 Å². The van der Waals surface area contributed by atoms with Crippen molar-refractivity contribution < 1.29 is 4.39 Å². The van der Waals surface area contributed by atoms with Gasteiger partial charge in [-0.1, -0.05) is 49.4 Å². The summed E-state index contributed by atoms with van der Waals surface area (Å²) >= 11 is 0. The number of halogens is 1. The van der Waals surface area contributed by atoms with Gasteiger partial charge in [0.2, 0.25) is 0 Å². The highest BCUT2D eigenvalue weighted by molar-refractivity contribution is 5.26. The molecule has 18 heavy (non-hydrogen) atoms. The van der Waals surface area contributed by atoms with Gasteiger partial charge in [0.1, 0.15) is 5.82 Å². The van der Waals surface area contributed by atoms with E-state index in [-0.39, 0.29) is 11.2 Å². The molecule has 0 bridgehead atoms. The Balaban J connectivity index is 2.03. The first kappa shape index (κ1) is 12.8. The van der Waals surface area contributed by atoms with E-state index in [1.165, 1.54) is 17.7 Å². The van der Waals surface area contributed by atoms with Crippen LogP contribution in [0.4, 0.5) is 4.39 Å². The fraction of sp³-hybridized carbons (Fsp3) is 0.235. The minimum absolute atomic E-state index is 0.102. The molecule has 2 aromatic rings. The highest BCUT2D eigenvalue weighted by atomic mass is 19.1. The average molecular weight is 241 g/mol. The first-order valence-electron chi connectivity index (χ1n) is 6.23. The largest absolute Gasteiger partial charge is 0.207 e. The van der Waals surface area contributed by atoms with Gasteiger partial charge < -0.3 is 0 Å². The molecule has 93 valence electrons. The van der Waals surface area contributed by atoms with Crippen LogP contribution in [0.1, 0.15) is 24.5 Å². The Morgan fingerprint density at radius 2 is 1.61 bits per heavy atom. The molecule has 0 nitrogen and oxygen atoms in total. The third-order valence-corrected chi connectivity index (χ3v) is 3.35. The maximum absolute atomic E-state index is 12.8. The third-order valence-electron chi connectivity index (χ3n) is 3.35. The Kier molecular flexibility index (Phi) is 3.81. The molecule has 1 radical (unpaired) electrons. The quantitative estimate of drug-likeness (QED) is 0.736. The first-order valence-corrected chi connectivity index (χ1v) is 6.23. The van der Waals surface area contributed by atoms with E-state index in [4.69, 9.17) is 0 Å². The van der Waals surface area contributed by atoms with Crippen molar-refractivity contribution >= 4 is 0 Å². The molecule has 0 unspecified atom stereocenters. The normalized spacial score (nSPS) is 11.5. The van der Waals surface area contributed by atoms with Gasteiger partial charge in [-0.2, -0.15) is 0 Å². The van der Waals surface area contributed by atoms with Gasteiger partial charge in [-0.05, 0) is 48.4 Å². The van der Waals surface area contributed by atoms with Crippen molar-refractivity contribution in [1.29, 1.82) is 0 Å². The standard InChI is InChI=1S/C17H18F/c1-17(2,15-6-4-3-5-7-15)13-12-14-8-10-16(18)11-9-14/h3-11H,1,12-13H2,2H3/t17-/m0/s1. The molecule has 0 aliphatic heterocycles. The van der Waals surface area contributed by atoms with Gasteiger partial charge in [-0.3, -0.25) is 0 Å². The molecule has 0 amide bonds. The minimum Gasteiger partial charge on any atom is -0.207 e. The second-order valence-electron chi connectivity index (χ2n) is 5.05. The lowest BCUT2D eigenvalue weighted by Crippen LogP contribution is -2.18. The Morgan fingerprint density at radius 1 is 1.00 bits per heavy atom. The molecule has 0 fully saturated rings. The van der Waals surface area contributed by atoms with Gasteiger partial charge in [0, 0.05) is 0 Å². The summed E-state index contributed by atoms with van der Waals surface area (Å²) in [6, 6.07) is 17.0. The van der Waals surface area contributed by atoms with Gasteiger partial charge in [0.15, 0.2) is 0 Å². The van der Waals surface area contributed by atoms with Crippen molar-refractivity contribution in [3.05, 3.63) is 78.5 Å². The van der Waals surface area contributed by atoms with Crippen molar-refractivity contribution in [2.24, 2.45) is 0 Å². The summed E-state index contributed by atoms with van der Waals surface area (Å²) in [7, 11) is 0. The Labute approximate surface area is 108 Å². The summed E-state index contributed by atoms with van der Waals surface area (Å²) in [5.41, 5.74) is 2.30. The Hall–Kier alpha value is -1.63. The molecule has 2 rings (SSSR count). The van der Waals surface area contributed by atoms with Gasteiger partial charge in [-0.15, -0.1) is 0 Å². The van der Waals surface area contributed by atoms with E-state index in [1.54, 1.807) is 0 Å². The monoisotopic (exact) mass is 241 g/mol. The van der Waals surface area contributed by atoms with Crippen LogP contribution in [0.15, 0.2) is 54.6 Å². The molecule has 0 spiro atoms. The number of benzene rings is 2. The molecule has 1 atom stereocenters. The van der Waals surface area contributed by atoms with Gasteiger partial charge in [-0.25, -0.2) is 4.39 Å². The van der Waals surface area contributed by atoms with Gasteiger partial charge >= 0.3 is 0 Å². The summed E-state index contributed by atoms with van der Waals surface area (Å²) in [6.07, 6.45) is 1.86. The van der Waals surface area contributed by atoms with E-state index in [0.717, 1.165) is 18.4 Å². The predicted molar refractivity (Wildman–Crippen MR) is 73.9 cm³/mol. The SMILES string of the molecule is [CH2][C@](C)(CCc1ccc(F)cc1)c1ccccc1. The lowest BCUT2D eigenvalue weighted by Gasteiger charge is -2.25. The van der Waals surface area contributed by atoms with Gasteiger partial charge in [0.05, 0.1) is 0 Å². The smallest absolute Gasteiger partial charge is 0.123 e. The van der Waals surface area contributed by atoms with Crippen LogP contribution in [0.5, 0.6) is 0 Å². The third kappa shape index (κ3) is 3.19. The zero-order valence-corrected chi connectivity index (χ0v) is 10.7. The molecule has 0 aromatic heterocycles. The first-order chi connectivity index (χ1) is 8.58. The molecule has 0 heterocycles. The Bertz CT molecular complexity index is 483. The number of rotatable bonds is 4. The molecule has 0 aliphatic rings. The van der Waals surface area contributed by atoms with Crippen LogP contribution in [0.2, 0.25) is 0 Å². The zero-order valence-electron chi connectivity index (χ0n) is 10.7. The summed E-state index contributed by atoms with van der Waals surface area (Å²) < 4.78 is 12.8. The number of hydrogen-bond acceptors (Lipinski definition) is 0. The van der Waals surface area contributed by atoms with Crippen LogP contribution < -0.4 is 0 Å². The summed E-state index contributed by atoms with van der Waals surface area (Å²) in [6.45, 7) is 6.44. The van der Waals surface area contributed by atoms with Crippen molar-refractivity contribution in [1.82, 2.24) is 0 Å². The average Bonchev–Trinajstić information content (AvgIpc) is 2.39. The summed E-state index contributed by atoms with van der Waals surface area (Å²) in [5, 5.41) is 0. The second-order valence-corrected chi connectivity index (χ2v) is 5.05. The lowest BCUT2D eigenvalue weighted by atomic mass is 9.80. The van der Waals surface area contributed by atoms with E-state index < -0.39 is 0 Å². The molecular formula is C17H18F. The molecule has 2 aromatic carbocycles. The lowest BCUT2D eigenvalue weighted by molar-refractivity contribution is 0.535. The van der Waals surface area contributed by atoms with Crippen LogP contribution in [0, 0.1) is 12.7 Å².